The Hall–Kier alpha value is -3.42. The molecule has 0 aliphatic carbocycles. The van der Waals surface area contributed by atoms with E-state index >= 15 is 0 Å². The normalized spacial score (nSPS) is 10.1. The van der Waals surface area contributed by atoms with Gasteiger partial charge in [0.05, 0.1) is 23.6 Å². The number of amides is 1. The minimum Gasteiger partial charge on any atom is -0.493 e. The first-order chi connectivity index (χ1) is 12.8. The molecule has 0 saturated heterocycles. The Morgan fingerprint density at radius 3 is 2.63 bits per heavy atom. The molecule has 0 bridgehead atoms. The predicted molar refractivity (Wildman–Crippen MR) is 98.7 cm³/mol. The Morgan fingerprint density at radius 1 is 1.15 bits per heavy atom. The van der Waals surface area contributed by atoms with Gasteiger partial charge in [0, 0.05) is 12.1 Å². The number of nitrogens with zero attached hydrogens (tertiary/aromatic N) is 1. The van der Waals surface area contributed by atoms with Crippen molar-refractivity contribution in [3.05, 3.63) is 63.7 Å². The van der Waals surface area contributed by atoms with Gasteiger partial charge in [0.15, 0.2) is 6.61 Å². The molecular formula is C19H20N2O6. The van der Waals surface area contributed by atoms with Gasteiger partial charge in [-0.05, 0) is 37.1 Å². The van der Waals surface area contributed by atoms with Crippen molar-refractivity contribution in [2.45, 2.75) is 20.3 Å². The smallest absolute Gasteiger partial charge is 0.309 e. The lowest BCUT2D eigenvalue weighted by atomic mass is 10.2. The maximum Gasteiger partial charge on any atom is 0.309 e. The fraction of sp³-hybridized carbons (Fsp3) is 0.263. The van der Waals surface area contributed by atoms with Crippen LogP contribution in [0.2, 0.25) is 0 Å². The van der Waals surface area contributed by atoms with Crippen molar-refractivity contribution >= 4 is 23.3 Å². The third-order valence-electron chi connectivity index (χ3n) is 3.63. The first-order valence-corrected chi connectivity index (χ1v) is 8.25. The number of nitro benzene ring substituents is 1. The molecule has 0 heterocycles. The van der Waals surface area contributed by atoms with Crippen LogP contribution in [0.25, 0.3) is 0 Å². The lowest BCUT2D eigenvalue weighted by Crippen LogP contribution is -2.22. The van der Waals surface area contributed by atoms with Gasteiger partial charge in [0.2, 0.25) is 0 Å². The van der Waals surface area contributed by atoms with Crippen LogP contribution < -0.4 is 10.1 Å². The number of rotatable bonds is 8. The van der Waals surface area contributed by atoms with Gasteiger partial charge in [-0.1, -0.05) is 18.2 Å². The minimum absolute atomic E-state index is 0.00292. The Morgan fingerprint density at radius 2 is 1.93 bits per heavy atom. The zero-order valence-corrected chi connectivity index (χ0v) is 15.1. The average molecular weight is 372 g/mol. The minimum atomic E-state index is -0.577. The molecule has 2 rings (SSSR count). The maximum atomic E-state index is 11.9. The zero-order valence-electron chi connectivity index (χ0n) is 15.1. The van der Waals surface area contributed by atoms with Gasteiger partial charge in [-0.3, -0.25) is 19.7 Å². The summed E-state index contributed by atoms with van der Waals surface area (Å²) in [6.45, 7) is 3.29. The van der Waals surface area contributed by atoms with Crippen molar-refractivity contribution in [3.63, 3.8) is 0 Å². The number of benzene rings is 2. The molecule has 8 heteroatoms. The standard InChI is InChI=1S/C19H20N2O6/c1-13-4-3-5-16(10-13)26-9-8-19(23)27-12-18(22)20-17-11-15(21(24)25)7-6-14(17)2/h3-7,10-11H,8-9,12H2,1-2H3,(H,20,22). The van der Waals surface area contributed by atoms with Crippen LogP contribution in [0.1, 0.15) is 17.5 Å². The van der Waals surface area contributed by atoms with Gasteiger partial charge >= 0.3 is 5.97 Å². The number of nitro groups is 1. The van der Waals surface area contributed by atoms with Crippen molar-refractivity contribution in [2.75, 3.05) is 18.5 Å². The number of ether oxygens (including phenoxy) is 2. The number of carbonyl (C=O) groups excluding carboxylic acids is 2. The highest BCUT2D eigenvalue weighted by Crippen LogP contribution is 2.21. The summed E-state index contributed by atoms with van der Waals surface area (Å²) in [4.78, 5) is 33.8. The molecule has 0 fully saturated rings. The number of nitrogens with one attached hydrogen (secondary N) is 1. The van der Waals surface area contributed by atoms with E-state index in [2.05, 4.69) is 5.32 Å². The van der Waals surface area contributed by atoms with Gasteiger partial charge < -0.3 is 14.8 Å². The second kappa shape index (κ2) is 9.33. The highest BCUT2D eigenvalue weighted by molar-refractivity contribution is 5.93. The zero-order chi connectivity index (χ0) is 19.8. The molecule has 0 spiro atoms. The van der Waals surface area contributed by atoms with E-state index in [1.807, 2.05) is 25.1 Å². The molecule has 142 valence electrons. The van der Waals surface area contributed by atoms with Gasteiger partial charge in [-0.2, -0.15) is 0 Å². The van der Waals surface area contributed by atoms with E-state index < -0.39 is 23.4 Å². The average Bonchev–Trinajstić information content (AvgIpc) is 2.62. The number of carbonyl (C=O) groups is 2. The van der Waals surface area contributed by atoms with E-state index in [-0.39, 0.29) is 18.7 Å². The fourth-order valence-corrected chi connectivity index (χ4v) is 2.22. The second-order valence-corrected chi connectivity index (χ2v) is 5.88. The number of non-ortho nitro benzene ring substituents is 1. The van der Waals surface area contributed by atoms with Crippen LogP contribution in [-0.4, -0.2) is 30.0 Å². The predicted octanol–water partition coefficient (Wildman–Crippen LogP) is 3.16. The van der Waals surface area contributed by atoms with E-state index in [1.165, 1.54) is 18.2 Å². The quantitative estimate of drug-likeness (QED) is 0.433. The Bertz CT molecular complexity index is 850. The number of anilines is 1. The third kappa shape index (κ3) is 6.43. The largest absolute Gasteiger partial charge is 0.493 e. The van der Waals surface area contributed by atoms with Crippen LogP contribution in [-0.2, 0) is 14.3 Å². The third-order valence-corrected chi connectivity index (χ3v) is 3.63. The van der Waals surface area contributed by atoms with Crippen molar-refractivity contribution in [2.24, 2.45) is 0 Å². The van der Waals surface area contributed by atoms with Gasteiger partial charge in [0.1, 0.15) is 5.75 Å². The molecule has 0 aliphatic rings. The first-order valence-electron chi connectivity index (χ1n) is 8.25. The van der Waals surface area contributed by atoms with Crippen LogP contribution in [0.3, 0.4) is 0 Å². The summed E-state index contributed by atoms with van der Waals surface area (Å²) in [7, 11) is 0. The Kier molecular flexibility index (Phi) is 6.87. The molecule has 0 aromatic heterocycles. The number of esters is 1. The topological polar surface area (TPSA) is 108 Å². The summed E-state index contributed by atoms with van der Waals surface area (Å²) in [5.41, 5.74) is 1.87. The van der Waals surface area contributed by atoms with E-state index in [0.717, 1.165) is 5.56 Å². The molecule has 27 heavy (non-hydrogen) atoms. The molecule has 1 N–H and O–H groups in total. The summed E-state index contributed by atoms with van der Waals surface area (Å²) >= 11 is 0. The Labute approximate surface area is 156 Å². The summed E-state index contributed by atoms with van der Waals surface area (Å²) in [5, 5.41) is 13.3. The van der Waals surface area contributed by atoms with Crippen LogP contribution in [0.4, 0.5) is 11.4 Å². The molecule has 0 saturated carbocycles. The summed E-state index contributed by atoms with van der Waals surface area (Å²) < 4.78 is 10.3. The van der Waals surface area contributed by atoms with Crippen molar-refractivity contribution < 1.29 is 24.0 Å². The van der Waals surface area contributed by atoms with Crippen LogP contribution in [0, 0.1) is 24.0 Å². The van der Waals surface area contributed by atoms with Crippen LogP contribution >= 0.6 is 0 Å². The highest BCUT2D eigenvalue weighted by Gasteiger charge is 2.13. The molecule has 0 unspecified atom stereocenters. The Balaban J connectivity index is 1.75. The number of hydrogen-bond donors (Lipinski definition) is 1. The van der Waals surface area contributed by atoms with E-state index in [0.29, 0.717) is 17.0 Å². The molecule has 2 aromatic rings. The summed E-state index contributed by atoms with van der Waals surface area (Å²) in [6.07, 6.45) is -0.00292. The van der Waals surface area contributed by atoms with E-state index in [4.69, 9.17) is 9.47 Å². The van der Waals surface area contributed by atoms with Gasteiger partial charge in [-0.25, -0.2) is 0 Å². The molecule has 0 aliphatic heterocycles. The lowest BCUT2D eigenvalue weighted by Gasteiger charge is -2.09. The SMILES string of the molecule is Cc1cccc(OCCC(=O)OCC(=O)Nc2cc([N+](=O)[O-])ccc2C)c1. The first kappa shape index (κ1) is 19.9. The molecular weight excluding hydrogens is 352 g/mol. The lowest BCUT2D eigenvalue weighted by molar-refractivity contribution is -0.384. The molecule has 2 aromatic carbocycles. The molecule has 8 nitrogen and oxygen atoms in total. The molecule has 1 amide bonds. The highest BCUT2D eigenvalue weighted by atomic mass is 16.6. The second-order valence-electron chi connectivity index (χ2n) is 5.88. The van der Waals surface area contributed by atoms with E-state index in [9.17, 15) is 19.7 Å². The molecule has 0 radical (unpaired) electrons. The van der Waals surface area contributed by atoms with Crippen molar-refractivity contribution in [3.8, 4) is 5.75 Å². The van der Waals surface area contributed by atoms with Gasteiger partial charge in [-0.15, -0.1) is 0 Å². The number of aryl methyl sites for hydroxylation is 2. The maximum absolute atomic E-state index is 11.9. The van der Waals surface area contributed by atoms with Gasteiger partial charge in [0.25, 0.3) is 11.6 Å². The van der Waals surface area contributed by atoms with Crippen molar-refractivity contribution in [1.29, 1.82) is 0 Å². The van der Waals surface area contributed by atoms with Crippen LogP contribution in [0.15, 0.2) is 42.5 Å². The number of hydrogen-bond acceptors (Lipinski definition) is 6. The summed E-state index contributed by atoms with van der Waals surface area (Å²) in [5.74, 6) is -0.498. The fourth-order valence-electron chi connectivity index (χ4n) is 2.22. The van der Waals surface area contributed by atoms with Crippen LogP contribution in [0.5, 0.6) is 5.75 Å². The molecule has 0 atom stereocenters. The van der Waals surface area contributed by atoms with E-state index in [1.54, 1.807) is 13.0 Å². The monoisotopic (exact) mass is 372 g/mol. The summed E-state index contributed by atoms with van der Waals surface area (Å²) in [6, 6.07) is 11.5. The van der Waals surface area contributed by atoms with Crippen molar-refractivity contribution in [1.82, 2.24) is 0 Å².